The second-order valence-electron chi connectivity index (χ2n) is 21.3. The van der Waals surface area contributed by atoms with Gasteiger partial charge in [0.2, 0.25) is 0 Å². The highest BCUT2D eigenvalue weighted by Crippen LogP contribution is 2.37. The number of rotatable bonds is 80. The minimum absolute atomic E-state index is 0.652. The quantitative estimate of drug-likeness (QED) is 0.0197. The Bertz CT molecular complexity index is 1070. The van der Waals surface area contributed by atoms with Gasteiger partial charge in [-0.1, -0.05) is 80.5 Å². The molecular formula is C61H128O12S12Si2. The first-order chi connectivity index (χ1) is 43.1. The van der Waals surface area contributed by atoms with Crippen LogP contribution in [0.3, 0.4) is 0 Å². The molecule has 0 aromatic heterocycles. The Kier molecular flexibility index (Phi) is 82.9. The molecule has 0 radical (unpaired) electrons. The predicted octanol–water partition coefficient (Wildman–Crippen LogP) is 14.4. The van der Waals surface area contributed by atoms with E-state index in [1.807, 2.05) is 0 Å². The van der Waals surface area contributed by atoms with E-state index < -0.39 is 16.1 Å². The third-order valence-corrected chi connectivity index (χ3v) is 32.9. The summed E-state index contributed by atoms with van der Waals surface area (Å²) in [6.45, 7) is 16.8. The fourth-order valence-electron chi connectivity index (χ4n) is 9.96. The zero-order valence-electron chi connectivity index (χ0n) is 54.2. The van der Waals surface area contributed by atoms with Crippen LogP contribution in [0.1, 0.15) is 70.6 Å². The van der Waals surface area contributed by atoms with Crippen molar-refractivity contribution in [1.29, 1.82) is 0 Å². The molecule has 0 unspecified atom stereocenters. The molecule has 0 rings (SSSR count). The van der Waals surface area contributed by atoms with E-state index in [0.717, 1.165) is 109 Å². The van der Waals surface area contributed by atoms with Gasteiger partial charge in [-0.05, 0) is 73.0 Å². The number of thioether (sulfide) groups is 6. The maximum atomic E-state index is 5.90. The number of unbranched alkanes of at least 4 members (excludes halogenated alkanes) is 4. The molecule has 0 aromatic rings. The van der Waals surface area contributed by atoms with Crippen molar-refractivity contribution in [2.24, 2.45) is 0 Å². The second kappa shape index (κ2) is 79.1. The summed E-state index contributed by atoms with van der Waals surface area (Å²) in [4.78, 5) is 0. The van der Waals surface area contributed by atoms with E-state index >= 15 is 0 Å². The molecule has 12 nitrogen and oxygen atoms in total. The summed E-state index contributed by atoms with van der Waals surface area (Å²) in [6.07, 6.45) is 14.9. The largest absolute Gasteiger partial charge is 0.378 e. The zero-order chi connectivity index (χ0) is 62.9. The Morgan fingerprint density at radius 1 is 0.161 bits per heavy atom. The van der Waals surface area contributed by atoms with Gasteiger partial charge in [-0.2, -0.15) is 146 Å². The second-order valence-corrected chi connectivity index (χ2v) is 41.3. The van der Waals surface area contributed by atoms with Crippen molar-refractivity contribution in [3.05, 3.63) is 0 Å². The molecule has 0 saturated carbocycles. The Labute approximate surface area is 594 Å². The molecule has 0 N–H and O–H groups in total. The molecule has 0 aliphatic heterocycles. The van der Waals surface area contributed by atoms with Gasteiger partial charge in [0.1, 0.15) is 0 Å². The van der Waals surface area contributed by atoms with Crippen LogP contribution < -0.4 is 0 Å². The van der Waals surface area contributed by atoms with Gasteiger partial charge in [0.25, 0.3) is 0 Å². The van der Waals surface area contributed by atoms with Gasteiger partial charge in [-0.25, -0.2) is 0 Å². The molecule has 0 heterocycles. The molecular weight excluding hydrogens is 1370 g/mol. The topological polar surface area (TPSA) is 111 Å². The highest BCUT2D eigenvalue weighted by molar-refractivity contribution is 8.00. The molecule has 0 atom stereocenters. The molecule has 0 aliphatic carbocycles. The summed E-state index contributed by atoms with van der Waals surface area (Å²) < 4.78 is 68.7. The van der Waals surface area contributed by atoms with Crippen molar-refractivity contribution in [2.45, 2.75) is 119 Å². The predicted molar refractivity (Wildman–Crippen MR) is 418 cm³/mol. The molecule has 0 fully saturated rings. The Balaban J connectivity index is 6.00. The lowest BCUT2D eigenvalue weighted by atomic mass is 10.2. The van der Waals surface area contributed by atoms with Gasteiger partial charge in [0.15, 0.2) is 0 Å². The van der Waals surface area contributed by atoms with Gasteiger partial charge in [0, 0.05) is 69.0 Å². The van der Waals surface area contributed by atoms with Crippen molar-refractivity contribution in [2.75, 3.05) is 262 Å². The third-order valence-electron chi connectivity index (χ3n) is 14.3. The van der Waals surface area contributed by atoms with Gasteiger partial charge in [-0.3, -0.25) is 0 Å². The molecule has 0 saturated heterocycles. The summed E-state index contributed by atoms with van der Waals surface area (Å²) in [5.74, 6) is 18.2. The van der Waals surface area contributed by atoms with Gasteiger partial charge in [0.05, 0.1) is 175 Å². The molecule has 0 aromatic carbocycles. The first-order valence-corrected chi connectivity index (χ1v) is 49.5. The standard InChI is InChI=1S/C61H128O12S12Si2/c74-36-24-62-12-18-68-30-48-80-42-6-56-86(57-7-43-81-49-31-69-19-13-63-25-37-75,58-8-44-82-50-32-70-20-14-64-26-38-76)54-4-2-1-3-5-55-87(59-9-45-83-51-33-71-21-15-65-27-39-77,60-10-46-84-52-34-72-22-16-66-28-40-78)61-11-47-85-53-35-73-23-17-67-29-41-79/h74-79H,1-61H2. The number of thiol groups is 6. The normalized spacial score (nSPS) is 12.2. The summed E-state index contributed by atoms with van der Waals surface area (Å²) in [6, 6.07) is 11.7. The zero-order valence-corrected chi connectivity index (χ0v) is 66.4. The van der Waals surface area contributed by atoms with Crippen LogP contribution in [-0.2, 0) is 56.8 Å². The smallest absolute Gasteiger partial charge is 0.0700 e. The van der Waals surface area contributed by atoms with Crippen LogP contribution in [0, 0.1) is 0 Å². The van der Waals surface area contributed by atoms with Crippen LogP contribution in [0.4, 0.5) is 0 Å². The molecule has 26 heteroatoms. The maximum absolute atomic E-state index is 5.90. The molecule has 0 spiro atoms. The van der Waals surface area contributed by atoms with Crippen molar-refractivity contribution >= 4 is 162 Å². The molecule has 0 amide bonds. The van der Waals surface area contributed by atoms with Crippen LogP contribution in [-0.4, -0.2) is 278 Å². The van der Waals surface area contributed by atoms with Crippen LogP contribution in [0.25, 0.3) is 0 Å². The van der Waals surface area contributed by atoms with Crippen molar-refractivity contribution in [3.63, 3.8) is 0 Å². The Morgan fingerprint density at radius 2 is 0.310 bits per heavy atom. The van der Waals surface area contributed by atoms with Crippen LogP contribution in [0.2, 0.25) is 48.4 Å². The van der Waals surface area contributed by atoms with E-state index in [-0.39, 0.29) is 0 Å². The lowest BCUT2D eigenvalue weighted by Crippen LogP contribution is -2.34. The molecule has 0 bridgehead atoms. The number of ether oxygens (including phenoxy) is 12. The summed E-state index contributed by atoms with van der Waals surface area (Å²) in [5, 5.41) is 0. The van der Waals surface area contributed by atoms with Gasteiger partial charge < -0.3 is 56.8 Å². The lowest BCUT2D eigenvalue weighted by molar-refractivity contribution is 0.0606. The summed E-state index contributed by atoms with van der Waals surface area (Å²) in [5.41, 5.74) is 0. The van der Waals surface area contributed by atoms with Crippen LogP contribution in [0.15, 0.2) is 0 Å². The first kappa shape index (κ1) is 91.2. The summed E-state index contributed by atoms with van der Waals surface area (Å²) >= 11 is 38.0. The van der Waals surface area contributed by atoms with Crippen molar-refractivity contribution < 1.29 is 56.8 Å². The highest BCUT2D eigenvalue weighted by Gasteiger charge is 2.32. The number of hydrogen-bond donors (Lipinski definition) is 6. The molecule has 87 heavy (non-hydrogen) atoms. The van der Waals surface area contributed by atoms with Gasteiger partial charge >= 0.3 is 0 Å². The Morgan fingerprint density at radius 3 is 0.483 bits per heavy atom. The molecule has 0 aliphatic rings. The fourth-order valence-corrected chi connectivity index (χ4v) is 27.6. The summed E-state index contributed by atoms with van der Waals surface area (Å²) in [7, 11) is -3.07. The van der Waals surface area contributed by atoms with Crippen LogP contribution in [0.5, 0.6) is 0 Å². The Hall–Kier alpha value is 4.15. The van der Waals surface area contributed by atoms with E-state index in [1.165, 1.54) is 153 Å². The van der Waals surface area contributed by atoms with Gasteiger partial charge in [-0.15, -0.1) is 0 Å². The van der Waals surface area contributed by atoms with E-state index in [4.69, 9.17) is 56.8 Å². The van der Waals surface area contributed by atoms with Crippen molar-refractivity contribution in [3.8, 4) is 0 Å². The first-order valence-electron chi connectivity index (χ1n) is 33.1. The monoisotopic (exact) mass is 1490 g/mol. The van der Waals surface area contributed by atoms with Crippen LogP contribution >= 0.6 is 146 Å². The minimum Gasteiger partial charge on any atom is -0.378 e. The average molecular weight is 1490 g/mol. The van der Waals surface area contributed by atoms with E-state index in [2.05, 4.69) is 146 Å². The molecule has 524 valence electrons. The highest BCUT2D eigenvalue weighted by atomic mass is 32.2. The van der Waals surface area contributed by atoms with E-state index in [9.17, 15) is 0 Å². The lowest BCUT2D eigenvalue weighted by Gasteiger charge is -2.33. The fraction of sp³-hybridized carbons (Fsp3) is 1.00. The van der Waals surface area contributed by atoms with Crippen molar-refractivity contribution in [1.82, 2.24) is 0 Å². The minimum atomic E-state index is -1.54. The van der Waals surface area contributed by atoms with E-state index in [1.54, 1.807) is 0 Å². The number of hydrogen-bond acceptors (Lipinski definition) is 24. The third kappa shape index (κ3) is 69.8. The SMILES string of the molecule is SCCOCCOCCSCCC[Si](CCCCCCC[Si](CCCSCCOCCOCCS)(CCCSCCOCCOCCS)CCCSCCOCCOCCS)(CCCSCCOCCOCCS)CCCSCCOCCOCCS. The average Bonchev–Trinajstić information content (AvgIpc) is 3.73. The maximum Gasteiger partial charge on any atom is 0.0700 e. The van der Waals surface area contributed by atoms with E-state index in [0.29, 0.717) is 119 Å².